The van der Waals surface area contributed by atoms with E-state index in [9.17, 15) is 22.3 Å². The molecule has 0 heterocycles. The predicted molar refractivity (Wildman–Crippen MR) is 78.3 cm³/mol. The summed E-state index contributed by atoms with van der Waals surface area (Å²) in [6.07, 6.45) is -4.62. The number of halogens is 3. The number of phosphoric ester groups is 1. The van der Waals surface area contributed by atoms with Gasteiger partial charge in [0, 0.05) is 14.2 Å². The van der Waals surface area contributed by atoms with E-state index in [1.807, 2.05) is 0 Å². The molecule has 7 nitrogen and oxygen atoms in total. The molecule has 24 heavy (non-hydrogen) atoms. The van der Waals surface area contributed by atoms with Crippen LogP contribution >= 0.6 is 15.4 Å². The Balaban J connectivity index is 3.63. The van der Waals surface area contributed by atoms with Crippen molar-refractivity contribution in [3.05, 3.63) is 34.9 Å². The zero-order chi connectivity index (χ0) is 19.0. The van der Waals surface area contributed by atoms with Gasteiger partial charge < -0.3 is 18.8 Å². The molecule has 0 radical (unpaired) electrons. The summed E-state index contributed by atoms with van der Waals surface area (Å²) in [7, 11) is -7.57. The fourth-order valence-electron chi connectivity index (χ4n) is 2.26. The van der Waals surface area contributed by atoms with Crippen LogP contribution in [0.2, 0.25) is 0 Å². The van der Waals surface area contributed by atoms with Crippen molar-refractivity contribution in [3.8, 4) is 0 Å². The number of rotatable bonds is 6. The van der Waals surface area contributed by atoms with Crippen molar-refractivity contribution in [3.63, 3.8) is 0 Å². The van der Waals surface area contributed by atoms with E-state index in [4.69, 9.17) is 18.8 Å². The predicted octanol–water partition coefficient (Wildman–Crippen LogP) is 3.78. The van der Waals surface area contributed by atoms with Gasteiger partial charge in [0.25, 0.3) is 0 Å². The van der Waals surface area contributed by atoms with Gasteiger partial charge in [-0.15, -0.1) is 0 Å². The molecule has 1 rings (SSSR count). The van der Waals surface area contributed by atoms with Gasteiger partial charge in [0.05, 0.1) is 5.56 Å². The van der Waals surface area contributed by atoms with Gasteiger partial charge >= 0.3 is 21.6 Å². The number of hydrogen-bond donors (Lipinski definition) is 2. The first-order valence-electron chi connectivity index (χ1n) is 6.36. The molecular weight excluding hydrogens is 375 g/mol. The summed E-state index contributed by atoms with van der Waals surface area (Å²) in [5, 5.41) is -2.33. The zero-order valence-corrected chi connectivity index (χ0v) is 15.0. The maximum Gasteiger partial charge on any atom is 0.471 e. The average Bonchev–Trinajstić information content (AvgIpc) is 2.43. The molecule has 0 bridgehead atoms. The molecule has 0 aliphatic heterocycles. The van der Waals surface area contributed by atoms with Gasteiger partial charge in [0.15, 0.2) is 0 Å². The second-order valence-electron chi connectivity index (χ2n) is 4.95. The second-order valence-corrected chi connectivity index (χ2v) is 8.70. The highest BCUT2D eigenvalue weighted by Gasteiger charge is 2.53. The highest BCUT2D eigenvalue weighted by atomic mass is 31.2. The molecule has 0 spiro atoms. The van der Waals surface area contributed by atoms with Gasteiger partial charge in [-0.1, -0.05) is 6.07 Å². The fraction of sp³-hybridized carbons (Fsp3) is 0.500. The smallest absolute Gasteiger partial charge is 0.310 e. The van der Waals surface area contributed by atoms with Crippen molar-refractivity contribution in [1.29, 1.82) is 0 Å². The number of aryl methyl sites for hydroxylation is 1. The Labute approximate surface area is 136 Å². The lowest BCUT2D eigenvalue weighted by Crippen LogP contribution is -2.28. The topological polar surface area (TPSA) is 102 Å². The van der Waals surface area contributed by atoms with Crippen molar-refractivity contribution in [2.24, 2.45) is 0 Å². The Morgan fingerprint density at radius 3 is 1.92 bits per heavy atom. The number of phosphoric acid groups is 1. The minimum Gasteiger partial charge on any atom is -0.310 e. The van der Waals surface area contributed by atoms with Crippen LogP contribution in [-0.4, -0.2) is 24.0 Å². The maximum atomic E-state index is 12.8. The lowest BCUT2D eigenvalue weighted by molar-refractivity contribution is -0.137. The molecule has 1 aromatic rings. The van der Waals surface area contributed by atoms with Crippen LogP contribution in [0.1, 0.15) is 23.6 Å². The molecule has 1 unspecified atom stereocenters. The van der Waals surface area contributed by atoms with Crippen molar-refractivity contribution in [1.82, 2.24) is 0 Å². The Hall–Kier alpha value is -0.730. The third kappa shape index (κ3) is 4.26. The molecule has 0 aromatic heterocycles. The second kappa shape index (κ2) is 6.88. The van der Waals surface area contributed by atoms with E-state index < -0.39 is 32.5 Å². The monoisotopic (exact) mass is 392 g/mol. The number of alkyl halides is 3. The van der Waals surface area contributed by atoms with Crippen molar-refractivity contribution >= 4 is 15.4 Å². The normalized spacial score (nSPS) is 16.0. The first-order chi connectivity index (χ1) is 10.7. The molecule has 1 atom stereocenters. The highest BCUT2D eigenvalue weighted by Crippen LogP contribution is 2.68. The van der Waals surface area contributed by atoms with Gasteiger partial charge in [-0.05, 0) is 37.1 Å². The molecule has 138 valence electrons. The summed E-state index contributed by atoms with van der Waals surface area (Å²) < 4.78 is 76.5. The first-order valence-corrected chi connectivity index (χ1v) is 9.44. The maximum absolute atomic E-state index is 12.8. The van der Waals surface area contributed by atoms with Gasteiger partial charge in [-0.25, -0.2) is 4.57 Å². The van der Waals surface area contributed by atoms with Crippen LogP contribution in [0.5, 0.6) is 0 Å². The van der Waals surface area contributed by atoms with Crippen LogP contribution in [0.15, 0.2) is 18.2 Å². The van der Waals surface area contributed by atoms with Crippen molar-refractivity contribution in [2.75, 3.05) is 14.2 Å². The van der Waals surface area contributed by atoms with Gasteiger partial charge in [-0.3, -0.25) is 9.09 Å². The fourth-order valence-corrected chi connectivity index (χ4v) is 4.93. The van der Waals surface area contributed by atoms with Gasteiger partial charge in [-0.2, -0.15) is 13.2 Å². The molecule has 0 aliphatic carbocycles. The number of benzene rings is 1. The SMILES string of the molecule is COP(=O)(OC)C(C)(OP(=O)(O)O)c1ccc(C(F)(F)F)cc1C. The first kappa shape index (κ1) is 21.3. The third-order valence-corrected chi connectivity index (χ3v) is 6.44. The lowest BCUT2D eigenvalue weighted by Gasteiger charge is -2.35. The van der Waals surface area contributed by atoms with Crippen LogP contribution < -0.4 is 0 Å². The van der Waals surface area contributed by atoms with Crippen LogP contribution in [0.4, 0.5) is 13.2 Å². The summed E-state index contributed by atoms with van der Waals surface area (Å²) in [4.78, 5) is 18.2. The Morgan fingerprint density at radius 2 is 1.58 bits per heavy atom. The van der Waals surface area contributed by atoms with Crippen LogP contribution in [-0.2, 0) is 34.2 Å². The molecule has 0 saturated heterocycles. The third-order valence-electron chi connectivity index (χ3n) is 3.35. The van der Waals surface area contributed by atoms with E-state index in [0.717, 1.165) is 33.3 Å². The largest absolute Gasteiger partial charge is 0.471 e. The molecule has 0 fully saturated rings. The summed E-state index contributed by atoms with van der Waals surface area (Å²) in [5.74, 6) is 0. The zero-order valence-electron chi connectivity index (χ0n) is 13.2. The van der Waals surface area contributed by atoms with Crippen LogP contribution in [0.3, 0.4) is 0 Å². The molecule has 0 amide bonds. The molecule has 2 N–H and O–H groups in total. The van der Waals surface area contributed by atoms with Gasteiger partial charge in [0.1, 0.15) is 0 Å². The van der Waals surface area contributed by atoms with Crippen molar-refractivity contribution < 1.29 is 45.7 Å². The van der Waals surface area contributed by atoms with E-state index in [-0.39, 0.29) is 11.1 Å². The van der Waals surface area contributed by atoms with E-state index in [2.05, 4.69) is 4.52 Å². The summed E-state index contributed by atoms with van der Waals surface area (Å²) >= 11 is 0. The Morgan fingerprint density at radius 1 is 1.08 bits per heavy atom. The summed E-state index contributed by atoms with van der Waals surface area (Å²) in [6.45, 7) is 2.26. The standard InChI is InChI=1S/C12H17F3O7P2/c1-8-7-9(12(13,14)15)5-6-10(8)11(2,22-24(17,18)19)23(16,20-3)21-4/h5-7H,1-4H3,(H2,17,18,19). The molecule has 1 aromatic carbocycles. The summed E-state index contributed by atoms with van der Waals surface area (Å²) in [5.41, 5.74) is -1.21. The van der Waals surface area contributed by atoms with E-state index in [1.165, 1.54) is 6.92 Å². The van der Waals surface area contributed by atoms with E-state index in [0.29, 0.717) is 6.07 Å². The van der Waals surface area contributed by atoms with Crippen LogP contribution in [0, 0.1) is 6.92 Å². The lowest BCUT2D eigenvalue weighted by atomic mass is 10.0. The average molecular weight is 392 g/mol. The molecule has 12 heteroatoms. The molecular formula is C12H17F3O7P2. The minimum atomic E-state index is -5.19. The van der Waals surface area contributed by atoms with Crippen molar-refractivity contribution in [2.45, 2.75) is 25.4 Å². The quantitative estimate of drug-likeness (QED) is 0.711. The van der Waals surface area contributed by atoms with E-state index in [1.54, 1.807) is 0 Å². The number of hydrogen-bond acceptors (Lipinski definition) is 5. The molecule has 0 saturated carbocycles. The Bertz CT molecular complexity index is 692. The van der Waals surface area contributed by atoms with Crippen LogP contribution in [0.25, 0.3) is 0 Å². The summed E-state index contributed by atoms with van der Waals surface area (Å²) in [6, 6.07) is 2.34. The minimum absolute atomic E-state index is 0.0601. The van der Waals surface area contributed by atoms with E-state index >= 15 is 0 Å². The van der Waals surface area contributed by atoms with Gasteiger partial charge in [0.2, 0.25) is 5.34 Å². The highest BCUT2D eigenvalue weighted by molar-refractivity contribution is 7.56. The molecule has 0 aliphatic rings. The Kier molecular flexibility index (Phi) is 6.11.